The second-order valence-electron chi connectivity index (χ2n) is 14.4. The van der Waals surface area contributed by atoms with Crippen LogP contribution in [0, 0.1) is 5.92 Å². The molecule has 0 rings (SSSR count). The SMILES string of the molecule is CC(C(=O)NCCCCCCN=C(NC(=O)OC(C)(C)C)NC(=O)OC(C)(C)C)C(=O)NCCCCNCCCNC(=O)OC(C)(C)C. The van der Waals surface area contributed by atoms with E-state index in [-0.39, 0.29) is 17.8 Å². The minimum absolute atomic E-state index is 0.0590. The van der Waals surface area contributed by atoms with Gasteiger partial charge in [-0.2, -0.15) is 0 Å². The van der Waals surface area contributed by atoms with Crippen molar-refractivity contribution < 1.29 is 38.2 Å². The molecular weight excluding hydrogens is 622 g/mol. The molecule has 0 spiro atoms. The highest BCUT2D eigenvalue weighted by Gasteiger charge is 2.22. The standard InChI is InChI=1S/C33H63N7O8/c1-24(26(42)36-21-16-15-18-34-19-17-23-38-28(43)46-31(2,3)4)25(41)35-20-13-11-12-14-22-37-27(39-29(44)47-32(5,6)7)40-30(45)48-33(8,9)10/h24,34H,11-23H2,1-10H3,(H,35,41)(H,36,42)(H,38,43)(H2,37,39,40,44,45). The number of carbonyl (C=O) groups excluding carboxylic acids is 5. The third kappa shape index (κ3) is 27.5. The van der Waals surface area contributed by atoms with Crippen molar-refractivity contribution in [2.45, 2.75) is 131 Å². The first-order chi connectivity index (χ1) is 22.2. The predicted octanol–water partition coefficient (Wildman–Crippen LogP) is 4.11. The molecule has 0 aliphatic heterocycles. The molecule has 0 aromatic carbocycles. The minimum atomic E-state index is -0.789. The summed E-state index contributed by atoms with van der Waals surface area (Å²) in [6.07, 6.45) is 3.55. The maximum absolute atomic E-state index is 12.4. The maximum atomic E-state index is 12.4. The fourth-order valence-corrected chi connectivity index (χ4v) is 3.76. The van der Waals surface area contributed by atoms with Crippen LogP contribution in [0.5, 0.6) is 0 Å². The van der Waals surface area contributed by atoms with E-state index in [1.165, 1.54) is 0 Å². The molecule has 0 aromatic rings. The maximum Gasteiger partial charge on any atom is 0.414 e. The van der Waals surface area contributed by atoms with Crippen LogP contribution in [0.15, 0.2) is 4.99 Å². The van der Waals surface area contributed by atoms with E-state index in [1.54, 1.807) is 48.5 Å². The first-order valence-corrected chi connectivity index (χ1v) is 17.0. The Morgan fingerprint density at radius 2 is 0.917 bits per heavy atom. The highest BCUT2D eigenvalue weighted by atomic mass is 16.6. The van der Waals surface area contributed by atoms with Gasteiger partial charge in [-0.15, -0.1) is 0 Å². The summed E-state index contributed by atoms with van der Waals surface area (Å²) in [7, 11) is 0. The van der Waals surface area contributed by atoms with Crippen LogP contribution in [0.3, 0.4) is 0 Å². The first kappa shape index (κ1) is 44.4. The smallest absolute Gasteiger partial charge is 0.414 e. The number of nitrogens with zero attached hydrogens (tertiary/aromatic N) is 1. The van der Waals surface area contributed by atoms with Gasteiger partial charge >= 0.3 is 18.3 Å². The first-order valence-electron chi connectivity index (χ1n) is 17.0. The van der Waals surface area contributed by atoms with E-state index < -0.39 is 41.0 Å². The number of aliphatic imine (C=N–C) groups is 1. The van der Waals surface area contributed by atoms with E-state index in [2.05, 4.69) is 36.9 Å². The Morgan fingerprint density at radius 1 is 0.521 bits per heavy atom. The van der Waals surface area contributed by atoms with Gasteiger partial charge in [-0.3, -0.25) is 25.2 Å². The molecule has 0 radical (unpaired) electrons. The van der Waals surface area contributed by atoms with Crippen LogP contribution in [-0.4, -0.2) is 92.1 Å². The number of hydrogen-bond acceptors (Lipinski definition) is 10. The summed E-state index contributed by atoms with van der Waals surface area (Å²) in [6.45, 7) is 20.8. The molecule has 278 valence electrons. The highest BCUT2D eigenvalue weighted by molar-refractivity contribution is 6.01. The summed E-state index contributed by atoms with van der Waals surface area (Å²) in [5.41, 5.74) is -1.95. The van der Waals surface area contributed by atoms with Gasteiger partial charge in [0.05, 0.1) is 0 Å². The quantitative estimate of drug-likeness (QED) is 0.0404. The van der Waals surface area contributed by atoms with Gasteiger partial charge in [0.1, 0.15) is 22.7 Å². The molecule has 48 heavy (non-hydrogen) atoms. The van der Waals surface area contributed by atoms with Crippen LogP contribution in [0.25, 0.3) is 0 Å². The zero-order chi connectivity index (χ0) is 36.8. The molecular formula is C33H63N7O8. The monoisotopic (exact) mass is 685 g/mol. The van der Waals surface area contributed by atoms with Crippen molar-refractivity contribution >= 4 is 36.1 Å². The lowest BCUT2D eigenvalue weighted by Gasteiger charge is -2.22. The molecule has 0 aliphatic carbocycles. The molecule has 0 saturated heterocycles. The predicted molar refractivity (Wildman–Crippen MR) is 186 cm³/mol. The summed E-state index contributed by atoms with van der Waals surface area (Å²) in [4.78, 5) is 65.0. The van der Waals surface area contributed by atoms with Gasteiger partial charge in [0.25, 0.3) is 0 Å². The largest absolute Gasteiger partial charge is 0.444 e. The summed E-state index contributed by atoms with van der Waals surface area (Å²) >= 11 is 0. The van der Waals surface area contributed by atoms with Gasteiger partial charge in [0.2, 0.25) is 17.8 Å². The lowest BCUT2D eigenvalue weighted by Crippen LogP contribution is -2.47. The molecule has 0 heterocycles. The highest BCUT2D eigenvalue weighted by Crippen LogP contribution is 2.08. The van der Waals surface area contributed by atoms with Crippen LogP contribution in [0.1, 0.15) is 114 Å². The molecule has 1 unspecified atom stereocenters. The van der Waals surface area contributed by atoms with Gasteiger partial charge in [0.15, 0.2) is 0 Å². The molecule has 15 heteroatoms. The van der Waals surface area contributed by atoms with Crippen LogP contribution >= 0.6 is 0 Å². The van der Waals surface area contributed by atoms with Gasteiger partial charge in [-0.1, -0.05) is 12.8 Å². The summed E-state index contributed by atoms with van der Waals surface area (Å²) in [6, 6.07) is 0. The topological polar surface area (TPSA) is 198 Å². The number of carbonyl (C=O) groups is 5. The second kappa shape index (κ2) is 22.9. The molecule has 15 nitrogen and oxygen atoms in total. The molecule has 1 atom stereocenters. The molecule has 0 fully saturated rings. The average molecular weight is 686 g/mol. The van der Waals surface area contributed by atoms with E-state index in [1.807, 2.05) is 20.8 Å². The van der Waals surface area contributed by atoms with Crippen LogP contribution in [0.2, 0.25) is 0 Å². The van der Waals surface area contributed by atoms with Crippen molar-refractivity contribution in [2.24, 2.45) is 10.9 Å². The zero-order valence-electron chi connectivity index (χ0n) is 31.0. The molecule has 0 saturated carbocycles. The van der Waals surface area contributed by atoms with Crippen molar-refractivity contribution in [2.75, 3.05) is 39.3 Å². The Labute approximate surface area is 287 Å². The fraction of sp³-hybridized carbons (Fsp3) is 0.818. The lowest BCUT2D eigenvalue weighted by atomic mass is 10.1. The fourth-order valence-electron chi connectivity index (χ4n) is 3.76. The number of nitrogens with one attached hydrogen (secondary N) is 6. The van der Waals surface area contributed by atoms with Crippen molar-refractivity contribution in [3.05, 3.63) is 0 Å². The Balaban J connectivity index is 4.16. The third-order valence-electron chi connectivity index (χ3n) is 5.96. The van der Waals surface area contributed by atoms with E-state index in [0.717, 1.165) is 51.6 Å². The minimum Gasteiger partial charge on any atom is -0.444 e. The second-order valence-corrected chi connectivity index (χ2v) is 14.4. The van der Waals surface area contributed by atoms with E-state index in [0.29, 0.717) is 32.6 Å². The number of rotatable bonds is 18. The third-order valence-corrected chi connectivity index (χ3v) is 5.96. The van der Waals surface area contributed by atoms with E-state index in [9.17, 15) is 24.0 Å². The van der Waals surface area contributed by atoms with Gasteiger partial charge in [0, 0.05) is 26.2 Å². The molecule has 0 bridgehead atoms. The normalized spacial score (nSPS) is 12.2. The summed E-state index contributed by atoms with van der Waals surface area (Å²) in [5, 5.41) is 16.5. The Morgan fingerprint density at radius 3 is 1.42 bits per heavy atom. The van der Waals surface area contributed by atoms with Crippen LogP contribution < -0.4 is 31.9 Å². The van der Waals surface area contributed by atoms with Crippen LogP contribution in [-0.2, 0) is 23.8 Å². The van der Waals surface area contributed by atoms with Crippen molar-refractivity contribution in [3.8, 4) is 0 Å². The summed E-state index contributed by atoms with van der Waals surface area (Å²) in [5.74, 6) is -1.47. The zero-order valence-corrected chi connectivity index (χ0v) is 31.0. The number of hydrogen-bond donors (Lipinski definition) is 6. The molecule has 0 aromatic heterocycles. The van der Waals surface area contributed by atoms with Crippen LogP contribution in [0.4, 0.5) is 14.4 Å². The number of unbranched alkanes of at least 4 members (excludes halogenated alkanes) is 4. The number of amides is 5. The van der Waals surface area contributed by atoms with Gasteiger partial charge in [-0.25, -0.2) is 14.4 Å². The number of guanidine groups is 1. The lowest BCUT2D eigenvalue weighted by molar-refractivity contribution is -0.134. The molecule has 0 aliphatic rings. The number of alkyl carbamates (subject to hydrolysis) is 3. The van der Waals surface area contributed by atoms with E-state index in [4.69, 9.17) is 14.2 Å². The number of ether oxygens (including phenoxy) is 3. The Bertz CT molecular complexity index is 998. The van der Waals surface area contributed by atoms with E-state index >= 15 is 0 Å². The van der Waals surface area contributed by atoms with Gasteiger partial charge < -0.3 is 35.5 Å². The van der Waals surface area contributed by atoms with Crippen molar-refractivity contribution in [1.82, 2.24) is 31.9 Å². The van der Waals surface area contributed by atoms with Crippen molar-refractivity contribution in [3.63, 3.8) is 0 Å². The Kier molecular flexibility index (Phi) is 21.1. The Hall–Kier alpha value is -3.62. The summed E-state index contributed by atoms with van der Waals surface area (Å²) < 4.78 is 15.7. The molecule has 6 N–H and O–H groups in total. The van der Waals surface area contributed by atoms with Crippen molar-refractivity contribution in [1.29, 1.82) is 0 Å². The van der Waals surface area contributed by atoms with Gasteiger partial charge in [-0.05, 0) is 114 Å². The average Bonchev–Trinajstić information content (AvgIpc) is 2.91. The molecule has 5 amide bonds.